The maximum atomic E-state index is 17.2. The molecule has 0 bridgehead atoms. The van der Waals surface area contributed by atoms with E-state index in [1.165, 1.54) is 13.0 Å². The lowest BCUT2D eigenvalue weighted by molar-refractivity contribution is -0.231. The lowest BCUT2D eigenvalue weighted by Gasteiger charge is -2.63. The molecule has 0 aliphatic heterocycles. The lowest BCUT2D eigenvalue weighted by atomic mass is 9.44. The van der Waals surface area contributed by atoms with Gasteiger partial charge in [-0.15, -0.1) is 0 Å². The number of phosphoric acid groups is 1. The van der Waals surface area contributed by atoms with Gasteiger partial charge < -0.3 is 19.6 Å². The molecule has 0 aromatic heterocycles. The summed E-state index contributed by atoms with van der Waals surface area (Å²) in [6, 6.07) is 0. The molecule has 4 aliphatic carbocycles. The van der Waals surface area contributed by atoms with Crippen LogP contribution < -0.4 is 0 Å². The zero-order chi connectivity index (χ0) is 27.1. The molecule has 0 spiro atoms. The summed E-state index contributed by atoms with van der Waals surface area (Å²) < 4.78 is 54.1. The normalized spacial score (nSPS) is 45.9. The smallest absolute Gasteiger partial charge is 0.450 e. The van der Waals surface area contributed by atoms with Crippen molar-refractivity contribution < 1.29 is 51.9 Å². The minimum atomic E-state index is -5.05. The Morgan fingerprint density at radius 1 is 1.22 bits per heavy atom. The van der Waals surface area contributed by atoms with Crippen LogP contribution in [0.15, 0.2) is 23.8 Å². The van der Waals surface area contributed by atoms with Crippen molar-refractivity contribution in [2.75, 3.05) is 6.61 Å². The van der Waals surface area contributed by atoms with E-state index in [2.05, 4.69) is 4.52 Å². The molecule has 0 amide bonds. The number of carbonyl (C=O) groups excluding carboxylic acids is 3. The molecule has 0 aromatic carbocycles. The molecule has 0 aromatic rings. The van der Waals surface area contributed by atoms with Gasteiger partial charge >= 0.3 is 13.8 Å². The summed E-state index contributed by atoms with van der Waals surface area (Å²) in [5.41, 5.74) is -7.45. The van der Waals surface area contributed by atoms with Crippen LogP contribution in [-0.4, -0.2) is 62.6 Å². The molecule has 9 nitrogen and oxygen atoms in total. The van der Waals surface area contributed by atoms with Crippen molar-refractivity contribution in [1.82, 2.24) is 0 Å². The maximum Gasteiger partial charge on any atom is 0.470 e. The van der Waals surface area contributed by atoms with Gasteiger partial charge in [-0.2, -0.15) is 0 Å². The Hall–Kier alpha value is -1.78. The van der Waals surface area contributed by atoms with Crippen LogP contribution in [0, 0.1) is 28.6 Å². The fraction of sp³-hybridized carbons (Fsp3) is 0.708. The molecule has 3 saturated carbocycles. The van der Waals surface area contributed by atoms with Crippen molar-refractivity contribution in [2.24, 2.45) is 28.6 Å². The van der Waals surface area contributed by atoms with Crippen molar-refractivity contribution in [3.63, 3.8) is 0 Å². The largest absolute Gasteiger partial charge is 0.470 e. The first kappa shape index (κ1) is 27.3. The Kier molecular flexibility index (Phi) is 6.33. The standard InChI is InChI=1S/C24H31F2O9P/c1-12-7-15-16-9-18(25)17-8-14(28)5-6-21(17,3)23(16,26)19(29)10-22(15,4)24(12,35-13(2)27)20(30)11-34-36(31,32)33/h5-6,8,12,15-16,18-19,29H,7,9-11H2,1-4H3,(H2,31,32,33)/t12-,15?,16?,18+,19?,21+,22+,23+,24+/m1/s1. The number of rotatable bonds is 5. The number of Topliss-reactive ketones (excluding diaryl/α,β-unsaturated/α-hetero) is 1. The Morgan fingerprint density at radius 2 is 1.86 bits per heavy atom. The van der Waals surface area contributed by atoms with Crippen molar-refractivity contribution in [3.8, 4) is 0 Å². The number of ketones is 2. The topological polar surface area (TPSA) is 147 Å². The molecule has 0 heterocycles. The van der Waals surface area contributed by atoms with E-state index in [-0.39, 0.29) is 24.8 Å². The van der Waals surface area contributed by atoms with Crippen LogP contribution in [0.1, 0.15) is 47.0 Å². The third kappa shape index (κ3) is 3.54. The first-order valence-electron chi connectivity index (χ1n) is 11.8. The summed E-state index contributed by atoms with van der Waals surface area (Å²) in [5.74, 6) is -4.87. The average Bonchev–Trinajstić information content (AvgIpc) is 2.96. The van der Waals surface area contributed by atoms with Crippen LogP contribution in [0.2, 0.25) is 0 Å². The highest BCUT2D eigenvalue weighted by Gasteiger charge is 2.78. The molecule has 0 radical (unpaired) electrons. The minimum absolute atomic E-state index is 0.0418. The molecule has 0 saturated heterocycles. The van der Waals surface area contributed by atoms with Gasteiger partial charge in [0.15, 0.2) is 17.1 Å². The van der Waals surface area contributed by atoms with Crippen LogP contribution in [0.3, 0.4) is 0 Å². The highest BCUT2D eigenvalue weighted by Crippen LogP contribution is 2.71. The van der Waals surface area contributed by atoms with Crippen LogP contribution in [0.5, 0.6) is 0 Å². The van der Waals surface area contributed by atoms with Gasteiger partial charge in [0.1, 0.15) is 12.8 Å². The molecule has 200 valence electrons. The Bertz CT molecular complexity index is 1120. The van der Waals surface area contributed by atoms with Gasteiger partial charge in [0.2, 0.25) is 5.78 Å². The van der Waals surface area contributed by atoms with E-state index in [4.69, 9.17) is 14.5 Å². The van der Waals surface area contributed by atoms with E-state index in [0.717, 1.165) is 19.1 Å². The van der Waals surface area contributed by atoms with E-state index in [1.54, 1.807) is 13.8 Å². The van der Waals surface area contributed by atoms with Gasteiger partial charge in [-0.25, -0.2) is 13.3 Å². The Balaban J connectivity index is 1.84. The van der Waals surface area contributed by atoms with Gasteiger partial charge in [0.05, 0.1) is 6.10 Å². The van der Waals surface area contributed by atoms with Gasteiger partial charge in [-0.3, -0.25) is 18.9 Å². The number of carbonyl (C=O) groups is 3. The Labute approximate surface area is 207 Å². The summed E-state index contributed by atoms with van der Waals surface area (Å²) >= 11 is 0. The molecule has 3 unspecified atom stereocenters. The van der Waals surface area contributed by atoms with Gasteiger partial charge in [0, 0.05) is 29.6 Å². The second-order valence-electron chi connectivity index (χ2n) is 11.0. The zero-order valence-corrected chi connectivity index (χ0v) is 21.3. The monoisotopic (exact) mass is 532 g/mol. The number of allylic oxidation sites excluding steroid dienone is 4. The van der Waals surface area contributed by atoms with E-state index in [1.807, 2.05) is 0 Å². The zero-order valence-electron chi connectivity index (χ0n) is 20.4. The minimum Gasteiger partial charge on any atom is -0.450 e. The number of esters is 1. The van der Waals surface area contributed by atoms with Gasteiger partial charge in [0.25, 0.3) is 0 Å². The molecule has 3 fully saturated rings. The quantitative estimate of drug-likeness (QED) is 0.359. The number of ether oxygens (including phenoxy) is 1. The van der Waals surface area contributed by atoms with Crippen molar-refractivity contribution in [3.05, 3.63) is 23.8 Å². The predicted molar refractivity (Wildman–Crippen MR) is 121 cm³/mol. The van der Waals surface area contributed by atoms with E-state index < -0.39 is 84.1 Å². The van der Waals surface area contributed by atoms with Crippen molar-refractivity contribution in [1.29, 1.82) is 0 Å². The van der Waals surface area contributed by atoms with Crippen LogP contribution in [0.4, 0.5) is 8.78 Å². The SMILES string of the molecule is CC(=O)O[C@]1(C(=O)COP(=O)(O)O)[C@H](C)CC2C3C[C@H](F)C4=CC(=O)C=C[C@]4(C)[C@@]3(F)C(O)C[C@@]21C. The van der Waals surface area contributed by atoms with E-state index in [0.29, 0.717) is 0 Å². The molecule has 9 atom stereocenters. The summed E-state index contributed by atoms with van der Waals surface area (Å²) in [5, 5.41) is 11.4. The second-order valence-corrected chi connectivity index (χ2v) is 12.3. The second kappa shape index (κ2) is 8.36. The number of halogens is 2. The fourth-order valence-electron chi connectivity index (χ4n) is 7.87. The van der Waals surface area contributed by atoms with Crippen molar-refractivity contribution >= 4 is 25.4 Å². The van der Waals surface area contributed by atoms with Crippen LogP contribution >= 0.6 is 7.82 Å². The van der Waals surface area contributed by atoms with Gasteiger partial charge in [-0.05, 0) is 49.8 Å². The maximum absolute atomic E-state index is 17.2. The lowest BCUT2D eigenvalue weighted by Crippen LogP contribution is -2.71. The molecule has 4 aliphatic rings. The number of alkyl halides is 2. The molecule has 12 heteroatoms. The molecule has 36 heavy (non-hydrogen) atoms. The number of aliphatic hydroxyl groups is 1. The molecule has 3 N–H and O–H groups in total. The first-order chi connectivity index (χ1) is 16.4. The van der Waals surface area contributed by atoms with Crippen LogP contribution in [0.25, 0.3) is 0 Å². The first-order valence-corrected chi connectivity index (χ1v) is 13.4. The van der Waals surface area contributed by atoms with Crippen LogP contribution in [-0.2, 0) is 28.2 Å². The molecule has 4 rings (SSSR count). The number of phosphoric ester groups is 1. The Morgan fingerprint density at radius 3 is 2.44 bits per heavy atom. The predicted octanol–water partition coefficient (Wildman–Crippen LogP) is 2.53. The third-order valence-corrected chi connectivity index (χ3v) is 9.72. The number of aliphatic hydroxyl groups excluding tert-OH is 1. The van der Waals surface area contributed by atoms with E-state index in [9.17, 15) is 24.1 Å². The molecular formula is C24H31F2O9P. The number of fused-ring (bicyclic) bond motifs is 5. The van der Waals surface area contributed by atoms with Crippen molar-refractivity contribution in [2.45, 2.75) is 70.5 Å². The summed E-state index contributed by atoms with van der Waals surface area (Å²) in [6.45, 7) is 4.59. The van der Waals surface area contributed by atoms with E-state index >= 15 is 8.78 Å². The highest BCUT2D eigenvalue weighted by atomic mass is 31.2. The summed E-state index contributed by atoms with van der Waals surface area (Å²) in [4.78, 5) is 55.9. The summed E-state index contributed by atoms with van der Waals surface area (Å²) in [6.07, 6.45) is -0.475. The fourth-order valence-corrected chi connectivity index (χ4v) is 8.15. The van der Waals surface area contributed by atoms with Gasteiger partial charge in [-0.1, -0.05) is 19.9 Å². The number of hydrogen-bond acceptors (Lipinski definition) is 7. The third-order valence-electron chi connectivity index (χ3n) is 9.25. The number of hydrogen-bond donors (Lipinski definition) is 3. The average molecular weight is 532 g/mol. The molecular weight excluding hydrogens is 501 g/mol. The highest BCUT2D eigenvalue weighted by molar-refractivity contribution is 7.46. The summed E-state index contributed by atoms with van der Waals surface area (Å²) in [7, 11) is -5.05.